The van der Waals surface area contributed by atoms with E-state index in [-0.39, 0.29) is 35.7 Å². The number of methoxy groups -OCH3 is 2. The van der Waals surface area contributed by atoms with Crippen LogP contribution in [0.3, 0.4) is 0 Å². The number of fused-ring (bicyclic) bond motifs is 1. The zero-order valence-corrected chi connectivity index (χ0v) is 13.9. The topological polar surface area (TPSA) is 61.8 Å². The zero-order chi connectivity index (χ0) is 17.3. The Hall–Kier alpha value is -2.40. The van der Waals surface area contributed by atoms with E-state index < -0.39 is 11.9 Å². The van der Waals surface area contributed by atoms with E-state index in [1.54, 1.807) is 0 Å². The van der Waals surface area contributed by atoms with Gasteiger partial charge in [0.2, 0.25) is 0 Å². The minimum atomic E-state index is -0.564. The Bertz CT molecular complexity index is 717. The van der Waals surface area contributed by atoms with Gasteiger partial charge in [-0.15, -0.1) is 0 Å². The summed E-state index contributed by atoms with van der Waals surface area (Å²) in [4.78, 5) is 24.3. The largest absolute Gasteiger partial charge is 0.466 e. The summed E-state index contributed by atoms with van der Waals surface area (Å²) in [5.74, 6) is -0.828. The van der Waals surface area contributed by atoms with Crippen molar-refractivity contribution in [1.29, 1.82) is 0 Å². The van der Waals surface area contributed by atoms with Gasteiger partial charge < -0.3 is 14.2 Å². The van der Waals surface area contributed by atoms with Crippen LogP contribution in [-0.2, 0) is 23.8 Å². The first kappa shape index (κ1) is 16.5. The van der Waals surface area contributed by atoms with Gasteiger partial charge in [0, 0.05) is 5.92 Å². The Labute approximate surface area is 140 Å². The van der Waals surface area contributed by atoms with Gasteiger partial charge in [0.15, 0.2) is 0 Å². The number of carbonyl (C=O) groups excluding carboxylic acids is 2. The molecule has 126 valence electrons. The van der Waals surface area contributed by atoms with E-state index in [0.29, 0.717) is 0 Å². The fourth-order valence-electron chi connectivity index (χ4n) is 3.57. The van der Waals surface area contributed by atoms with Gasteiger partial charge in [0.1, 0.15) is 0 Å². The van der Waals surface area contributed by atoms with Gasteiger partial charge in [0.05, 0.1) is 38.1 Å². The van der Waals surface area contributed by atoms with E-state index >= 15 is 0 Å². The van der Waals surface area contributed by atoms with E-state index in [2.05, 4.69) is 19.1 Å². The third-order valence-electron chi connectivity index (χ3n) is 4.65. The normalized spacial score (nSPS) is 25.8. The van der Waals surface area contributed by atoms with Crippen molar-refractivity contribution in [3.05, 3.63) is 58.7 Å². The average Bonchev–Trinajstić information content (AvgIpc) is 2.96. The van der Waals surface area contributed by atoms with E-state index in [1.807, 2.05) is 24.3 Å². The van der Waals surface area contributed by atoms with Crippen LogP contribution in [0.25, 0.3) is 0 Å². The maximum absolute atomic E-state index is 12.3. The molecule has 0 radical (unpaired) electrons. The second-order valence-electron chi connectivity index (χ2n) is 5.99. The molecule has 3 rings (SSSR count). The Morgan fingerprint density at radius 2 is 1.75 bits per heavy atom. The molecule has 1 aliphatic heterocycles. The number of esters is 2. The number of allylic oxidation sites excluding steroid dienone is 1. The lowest BCUT2D eigenvalue weighted by atomic mass is 9.85. The van der Waals surface area contributed by atoms with Crippen LogP contribution in [0.2, 0.25) is 0 Å². The monoisotopic (exact) mass is 328 g/mol. The second-order valence-corrected chi connectivity index (χ2v) is 5.99. The summed E-state index contributed by atoms with van der Waals surface area (Å²) >= 11 is 0. The molecule has 0 N–H and O–H groups in total. The van der Waals surface area contributed by atoms with E-state index in [1.165, 1.54) is 14.2 Å². The van der Waals surface area contributed by atoms with Gasteiger partial charge in [0.25, 0.3) is 0 Å². The quantitative estimate of drug-likeness (QED) is 0.797. The van der Waals surface area contributed by atoms with Crippen molar-refractivity contribution < 1.29 is 23.8 Å². The van der Waals surface area contributed by atoms with Crippen LogP contribution in [0.5, 0.6) is 0 Å². The molecule has 0 spiro atoms. The molecule has 2 aliphatic rings. The Morgan fingerprint density at radius 3 is 2.38 bits per heavy atom. The van der Waals surface area contributed by atoms with E-state index in [4.69, 9.17) is 14.2 Å². The van der Waals surface area contributed by atoms with E-state index in [9.17, 15) is 9.59 Å². The van der Waals surface area contributed by atoms with Crippen molar-refractivity contribution >= 4 is 11.9 Å². The third kappa shape index (κ3) is 2.65. The van der Waals surface area contributed by atoms with Crippen LogP contribution in [0.4, 0.5) is 0 Å². The smallest absolute Gasteiger partial charge is 0.338 e. The highest BCUT2D eigenvalue weighted by Crippen LogP contribution is 2.46. The molecule has 5 heteroatoms. The summed E-state index contributed by atoms with van der Waals surface area (Å²) in [7, 11) is 2.59. The number of ether oxygens (including phenoxy) is 3. The van der Waals surface area contributed by atoms with Gasteiger partial charge in [-0.1, -0.05) is 43.3 Å². The lowest BCUT2D eigenvalue weighted by Crippen LogP contribution is -2.33. The van der Waals surface area contributed by atoms with Crippen LogP contribution in [0, 0.1) is 5.92 Å². The first-order valence-corrected chi connectivity index (χ1v) is 7.86. The minimum Gasteiger partial charge on any atom is -0.466 e. The van der Waals surface area contributed by atoms with Crippen LogP contribution in [-0.4, -0.2) is 38.9 Å². The van der Waals surface area contributed by atoms with E-state index in [0.717, 1.165) is 11.1 Å². The number of carbonyl (C=O) groups is 2. The lowest BCUT2D eigenvalue weighted by Gasteiger charge is -2.30. The fraction of sp³-hybridized carbons (Fsp3) is 0.368. The van der Waals surface area contributed by atoms with Crippen LogP contribution in [0.1, 0.15) is 18.4 Å². The SMILES string of the molecule is COC(=O)C1=C(C(=O)OC)C2=CC(C)C(c3ccccc3)[C@H]2OC1. The van der Waals surface area contributed by atoms with Gasteiger partial charge in [-0.2, -0.15) is 0 Å². The second kappa shape index (κ2) is 6.61. The van der Waals surface area contributed by atoms with Crippen molar-refractivity contribution in [1.82, 2.24) is 0 Å². The molecule has 1 aliphatic carbocycles. The number of hydrogen-bond acceptors (Lipinski definition) is 5. The molecule has 5 nitrogen and oxygen atoms in total. The number of hydrogen-bond donors (Lipinski definition) is 0. The highest BCUT2D eigenvalue weighted by atomic mass is 16.5. The fourth-order valence-corrected chi connectivity index (χ4v) is 3.57. The lowest BCUT2D eigenvalue weighted by molar-refractivity contribution is -0.140. The van der Waals surface area contributed by atoms with Crippen molar-refractivity contribution in [3.8, 4) is 0 Å². The molecule has 1 heterocycles. The maximum Gasteiger partial charge on any atom is 0.338 e. The molecule has 0 aromatic heterocycles. The standard InChI is InChI=1S/C19H20O5/c1-11-9-13-16(19(21)23-3)14(18(20)22-2)10-24-17(13)15(11)12-7-5-4-6-8-12/h4-9,11,15,17H,10H2,1-3H3/t11?,15?,17-/m0/s1. The summed E-state index contributed by atoms with van der Waals surface area (Å²) in [5.41, 5.74) is 2.36. The molecule has 2 unspecified atom stereocenters. The molecular formula is C19H20O5. The van der Waals surface area contributed by atoms with Crippen LogP contribution >= 0.6 is 0 Å². The van der Waals surface area contributed by atoms with Gasteiger partial charge in [-0.3, -0.25) is 0 Å². The van der Waals surface area contributed by atoms with Gasteiger partial charge >= 0.3 is 11.9 Å². The molecule has 0 fully saturated rings. The highest BCUT2D eigenvalue weighted by molar-refractivity contribution is 6.04. The molecule has 0 amide bonds. The summed E-state index contributed by atoms with van der Waals surface area (Å²) in [6, 6.07) is 10.0. The van der Waals surface area contributed by atoms with Crippen molar-refractivity contribution in [3.63, 3.8) is 0 Å². The van der Waals surface area contributed by atoms with Gasteiger partial charge in [-0.05, 0) is 17.1 Å². The highest BCUT2D eigenvalue weighted by Gasteiger charge is 2.44. The molecule has 0 saturated carbocycles. The Morgan fingerprint density at radius 1 is 1.08 bits per heavy atom. The molecule has 24 heavy (non-hydrogen) atoms. The zero-order valence-electron chi connectivity index (χ0n) is 13.9. The molecule has 1 aromatic carbocycles. The molecular weight excluding hydrogens is 308 g/mol. The first-order chi connectivity index (χ1) is 11.6. The number of rotatable bonds is 3. The van der Waals surface area contributed by atoms with Gasteiger partial charge in [-0.25, -0.2) is 9.59 Å². The molecule has 0 saturated heterocycles. The van der Waals surface area contributed by atoms with Crippen molar-refractivity contribution in [2.45, 2.75) is 18.9 Å². The first-order valence-electron chi connectivity index (χ1n) is 7.86. The predicted molar refractivity (Wildman–Crippen MR) is 87.2 cm³/mol. The van der Waals surface area contributed by atoms with Crippen molar-refractivity contribution in [2.75, 3.05) is 20.8 Å². The van der Waals surface area contributed by atoms with Crippen LogP contribution < -0.4 is 0 Å². The summed E-state index contributed by atoms with van der Waals surface area (Å²) < 4.78 is 15.7. The summed E-state index contributed by atoms with van der Waals surface area (Å²) in [6.07, 6.45) is 1.72. The third-order valence-corrected chi connectivity index (χ3v) is 4.65. The maximum atomic E-state index is 12.3. The minimum absolute atomic E-state index is 0.0369. The predicted octanol–water partition coefficient (Wildman–Crippen LogP) is 2.39. The van der Waals surface area contributed by atoms with Crippen LogP contribution in [0.15, 0.2) is 53.1 Å². The molecule has 1 aromatic rings. The Kier molecular flexibility index (Phi) is 4.53. The summed E-state index contributed by atoms with van der Waals surface area (Å²) in [5, 5.41) is 0. The molecule has 0 bridgehead atoms. The molecule has 3 atom stereocenters. The average molecular weight is 328 g/mol. The number of benzene rings is 1. The Balaban J connectivity index is 2.05. The van der Waals surface area contributed by atoms with Crippen molar-refractivity contribution in [2.24, 2.45) is 5.92 Å². The summed E-state index contributed by atoms with van der Waals surface area (Å²) in [6.45, 7) is 2.12.